The molecule has 2 heteroatoms. The Morgan fingerprint density at radius 2 is 1.63 bits per heavy atom. The monoisotopic (exact) mass is 257 g/mol. The van der Waals surface area contributed by atoms with Crippen LogP contribution in [-0.4, -0.2) is 0 Å². The molecule has 1 N–H and O–H groups in total. The van der Waals surface area contributed by atoms with Crippen molar-refractivity contribution < 1.29 is 4.42 Å². The summed E-state index contributed by atoms with van der Waals surface area (Å²) in [6.07, 6.45) is 1.72. The van der Waals surface area contributed by atoms with Crippen LogP contribution in [0.3, 0.4) is 0 Å². The summed E-state index contributed by atoms with van der Waals surface area (Å²) in [4.78, 5) is 0. The summed E-state index contributed by atoms with van der Waals surface area (Å²) in [7, 11) is 0. The van der Waals surface area contributed by atoms with Crippen molar-refractivity contribution in [2.75, 3.05) is 0 Å². The SMILES string of the molecule is Cc1cc(C)c(C(C)NC(C)c2ccco2)cc1C. The first-order valence-corrected chi connectivity index (χ1v) is 6.86. The van der Waals surface area contributed by atoms with Crippen LogP contribution in [0.15, 0.2) is 34.9 Å². The van der Waals surface area contributed by atoms with Crippen molar-refractivity contribution >= 4 is 0 Å². The van der Waals surface area contributed by atoms with E-state index in [4.69, 9.17) is 4.42 Å². The summed E-state index contributed by atoms with van der Waals surface area (Å²) < 4.78 is 5.44. The van der Waals surface area contributed by atoms with Crippen LogP contribution in [0.25, 0.3) is 0 Å². The maximum atomic E-state index is 5.44. The molecule has 2 rings (SSSR count). The molecule has 0 saturated carbocycles. The van der Waals surface area contributed by atoms with Gasteiger partial charge >= 0.3 is 0 Å². The largest absolute Gasteiger partial charge is 0.468 e. The fourth-order valence-electron chi connectivity index (χ4n) is 2.53. The fourth-order valence-corrected chi connectivity index (χ4v) is 2.53. The van der Waals surface area contributed by atoms with E-state index in [1.807, 2.05) is 12.1 Å². The summed E-state index contributed by atoms with van der Waals surface area (Å²) in [5.74, 6) is 0.980. The Labute approximate surface area is 115 Å². The van der Waals surface area contributed by atoms with E-state index in [0.29, 0.717) is 6.04 Å². The quantitative estimate of drug-likeness (QED) is 0.864. The smallest absolute Gasteiger partial charge is 0.120 e. The minimum absolute atomic E-state index is 0.214. The van der Waals surface area contributed by atoms with Gasteiger partial charge in [0, 0.05) is 6.04 Å². The average molecular weight is 257 g/mol. The van der Waals surface area contributed by atoms with Gasteiger partial charge in [-0.3, -0.25) is 0 Å². The number of hydrogen-bond acceptors (Lipinski definition) is 2. The van der Waals surface area contributed by atoms with E-state index in [0.717, 1.165) is 5.76 Å². The second-order valence-corrected chi connectivity index (χ2v) is 5.42. The second-order valence-electron chi connectivity index (χ2n) is 5.42. The third-order valence-electron chi connectivity index (χ3n) is 3.82. The molecular formula is C17H23NO. The highest BCUT2D eigenvalue weighted by Crippen LogP contribution is 2.24. The van der Waals surface area contributed by atoms with E-state index in [-0.39, 0.29) is 6.04 Å². The van der Waals surface area contributed by atoms with Gasteiger partial charge in [-0.1, -0.05) is 12.1 Å². The number of furan rings is 1. The van der Waals surface area contributed by atoms with Gasteiger partial charge in [-0.15, -0.1) is 0 Å². The highest BCUT2D eigenvalue weighted by Gasteiger charge is 2.15. The van der Waals surface area contributed by atoms with E-state index in [1.165, 1.54) is 22.3 Å². The Morgan fingerprint density at radius 3 is 2.26 bits per heavy atom. The predicted molar refractivity (Wildman–Crippen MR) is 79.3 cm³/mol. The molecule has 2 unspecified atom stereocenters. The van der Waals surface area contributed by atoms with Crippen LogP contribution in [0.4, 0.5) is 0 Å². The van der Waals surface area contributed by atoms with Crippen LogP contribution in [0.1, 0.15) is 53.9 Å². The van der Waals surface area contributed by atoms with Crippen LogP contribution >= 0.6 is 0 Å². The van der Waals surface area contributed by atoms with Crippen LogP contribution in [-0.2, 0) is 0 Å². The summed E-state index contributed by atoms with van der Waals surface area (Å²) in [6.45, 7) is 10.8. The number of benzene rings is 1. The predicted octanol–water partition coefficient (Wildman–Crippen LogP) is 4.62. The standard InChI is InChI=1S/C17H23NO/c1-11-9-13(3)16(10-12(11)2)14(4)18-15(5)17-7-6-8-19-17/h6-10,14-15,18H,1-5H3. The lowest BCUT2D eigenvalue weighted by molar-refractivity contribution is 0.402. The van der Waals surface area contributed by atoms with Crippen molar-refractivity contribution in [1.29, 1.82) is 0 Å². The average Bonchev–Trinajstić information content (AvgIpc) is 2.87. The minimum atomic E-state index is 0.214. The second kappa shape index (κ2) is 5.62. The first kappa shape index (κ1) is 13.9. The molecule has 0 spiro atoms. The summed E-state index contributed by atoms with van der Waals surface area (Å²) >= 11 is 0. The Hall–Kier alpha value is -1.54. The summed E-state index contributed by atoms with van der Waals surface area (Å²) in [5, 5.41) is 3.59. The van der Waals surface area contributed by atoms with Gasteiger partial charge in [0.1, 0.15) is 5.76 Å². The zero-order chi connectivity index (χ0) is 14.0. The van der Waals surface area contributed by atoms with Crippen molar-refractivity contribution in [3.63, 3.8) is 0 Å². The lowest BCUT2D eigenvalue weighted by Gasteiger charge is -2.21. The molecule has 0 aliphatic rings. The first-order valence-electron chi connectivity index (χ1n) is 6.86. The highest BCUT2D eigenvalue weighted by molar-refractivity contribution is 5.38. The maximum absolute atomic E-state index is 5.44. The van der Waals surface area contributed by atoms with Crippen LogP contribution in [0.5, 0.6) is 0 Å². The van der Waals surface area contributed by atoms with Crippen molar-refractivity contribution in [2.45, 2.75) is 46.7 Å². The van der Waals surface area contributed by atoms with Gasteiger partial charge in [0.15, 0.2) is 0 Å². The first-order chi connectivity index (χ1) is 8.99. The van der Waals surface area contributed by atoms with Crippen molar-refractivity contribution in [3.05, 3.63) is 58.5 Å². The lowest BCUT2D eigenvalue weighted by Crippen LogP contribution is -2.23. The van der Waals surface area contributed by atoms with E-state index >= 15 is 0 Å². The molecule has 2 nitrogen and oxygen atoms in total. The summed E-state index contributed by atoms with van der Waals surface area (Å²) in [6, 6.07) is 9.01. The molecule has 0 bridgehead atoms. The van der Waals surface area contributed by atoms with E-state index in [1.54, 1.807) is 6.26 Å². The van der Waals surface area contributed by atoms with Gasteiger partial charge in [0.05, 0.1) is 12.3 Å². The number of hydrogen-bond donors (Lipinski definition) is 1. The number of aryl methyl sites for hydroxylation is 3. The Morgan fingerprint density at radius 1 is 0.947 bits per heavy atom. The normalized spacial score (nSPS) is 14.4. The van der Waals surface area contributed by atoms with Gasteiger partial charge in [-0.2, -0.15) is 0 Å². The van der Waals surface area contributed by atoms with Crippen LogP contribution < -0.4 is 5.32 Å². The minimum Gasteiger partial charge on any atom is -0.468 e. The molecule has 2 aromatic rings. The molecule has 19 heavy (non-hydrogen) atoms. The van der Waals surface area contributed by atoms with E-state index < -0.39 is 0 Å². The van der Waals surface area contributed by atoms with Crippen molar-refractivity contribution in [2.24, 2.45) is 0 Å². The Kier molecular flexibility index (Phi) is 4.11. The molecule has 0 aliphatic heterocycles. The molecule has 1 heterocycles. The molecule has 0 fully saturated rings. The molecule has 0 radical (unpaired) electrons. The summed E-state index contributed by atoms with van der Waals surface area (Å²) in [5.41, 5.74) is 5.41. The highest BCUT2D eigenvalue weighted by atomic mass is 16.3. The molecule has 0 amide bonds. The molecule has 102 valence electrons. The van der Waals surface area contributed by atoms with Gasteiger partial charge in [-0.05, 0) is 69.0 Å². The van der Waals surface area contributed by atoms with Gasteiger partial charge in [0.2, 0.25) is 0 Å². The molecule has 0 saturated heterocycles. The number of rotatable bonds is 4. The third kappa shape index (κ3) is 3.07. The topological polar surface area (TPSA) is 25.2 Å². The Bertz CT molecular complexity index is 543. The van der Waals surface area contributed by atoms with Crippen LogP contribution in [0, 0.1) is 20.8 Å². The zero-order valence-electron chi connectivity index (χ0n) is 12.4. The molecule has 2 atom stereocenters. The number of nitrogens with one attached hydrogen (secondary N) is 1. The van der Waals surface area contributed by atoms with Crippen molar-refractivity contribution in [1.82, 2.24) is 5.32 Å². The third-order valence-corrected chi connectivity index (χ3v) is 3.82. The van der Waals surface area contributed by atoms with Gasteiger partial charge in [-0.25, -0.2) is 0 Å². The van der Waals surface area contributed by atoms with Gasteiger partial charge < -0.3 is 9.73 Å². The fraction of sp³-hybridized carbons (Fsp3) is 0.412. The molecule has 1 aromatic carbocycles. The van der Waals surface area contributed by atoms with Crippen molar-refractivity contribution in [3.8, 4) is 0 Å². The molecule has 1 aromatic heterocycles. The Balaban J connectivity index is 2.16. The molecular weight excluding hydrogens is 234 g/mol. The maximum Gasteiger partial charge on any atom is 0.120 e. The lowest BCUT2D eigenvalue weighted by atomic mass is 9.96. The van der Waals surface area contributed by atoms with E-state index in [2.05, 4.69) is 52.1 Å². The van der Waals surface area contributed by atoms with Gasteiger partial charge in [0.25, 0.3) is 0 Å². The van der Waals surface area contributed by atoms with E-state index in [9.17, 15) is 0 Å². The molecule has 0 aliphatic carbocycles. The van der Waals surface area contributed by atoms with Crippen LogP contribution in [0.2, 0.25) is 0 Å². The zero-order valence-corrected chi connectivity index (χ0v) is 12.4.